The molecule has 0 radical (unpaired) electrons. The number of amides is 2. The molecule has 1 heterocycles. The van der Waals surface area contributed by atoms with E-state index in [1.165, 1.54) is 5.56 Å². The summed E-state index contributed by atoms with van der Waals surface area (Å²) in [6.45, 7) is 9.62. The molecule has 0 fully saturated rings. The minimum Gasteiger partial charge on any atom is -0.346 e. The molecule has 25 heavy (non-hydrogen) atoms. The van der Waals surface area contributed by atoms with Crippen molar-refractivity contribution >= 4 is 18.0 Å². The molecule has 0 aliphatic rings. The molecule has 2 N–H and O–H groups in total. The Bertz CT molecular complexity index is 802. The van der Waals surface area contributed by atoms with Gasteiger partial charge in [0.2, 0.25) is 0 Å². The molecular formula is C19H24N4O2. The summed E-state index contributed by atoms with van der Waals surface area (Å²) in [6.07, 6.45) is 1.55. The van der Waals surface area contributed by atoms with Crippen molar-refractivity contribution in [2.45, 2.75) is 40.7 Å². The summed E-state index contributed by atoms with van der Waals surface area (Å²) >= 11 is 0. The van der Waals surface area contributed by atoms with Gasteiger partial charge in [0, 0.05) is 28.7 Å². The number of hydrogen-bond donors (Lipinski definition) is 2. The summed E-state index contributed by atoms with van der Waals surface area (Å²) in [5.74, 6) is -1.48. The van der Waals surface area contributed by atoms with Gasteiger partial charge in [0.05, 0.1) is 6.21 Å². The zero-order chi connectivity index (χ0) is 18.6. The fourth-order valence-electron chi connectivity index (χ4n) is 2.55. The van der Waals surface area contributed by atoms with Gasteiger partial charge >= 0.3 is 11.8 Å². The molecule has 6 heteroatoms. The van der Waals surface area contributed by atoms with Gasteiger partial charge in [-0.3, -0.25) is 9.59 Å². The molecule has 132 valence electrons. The number of aromatic nitrogens is 1. The molecule has 2 rings (SSSR count). The second kappa shape index (κ2) is 7.79. The van der Waals surface area contributed by atoms with Gasteiger partial charge in [-0.1, -0.05) is 17.7 Å². The third kappa shape index (κ3) is 4.56. The molecule has 0 aliphatic heterocycles. The Morgan fingerprint density at radius 2 is 1.72 bits per heavy atom. The fraction of sp³-hybridized carbons (Fsp3) is 0.316. The van der Waals surface area contributed by atoms with E-state index in [0.717, 1.165) is 22.6 Å². The van der Waals surface area contributed by atoms with Gasteiger partial charge < -0.3 is 9.88 Å². The summed E-state index contributed by atoms with van der Waals surface area (Å²) in [5.41, 5.74) is 7.47. The zero-order valence-corrected chi connectivity index (χ0v) is 15.3. The average molecular weight is 340 g/mol. The monoisotopic (exact) mass is 340 g/mol. The van der Waals surface area contributed by atoms with Crippen LogP contribution in [0.15, 0.2) is 35.4 Å². The Morgan fingerprint density at radius 1 is 1.08 bits per heavy atom. The van der Waals surface area contributed by atoms with Crippen LogP contribution < -0.4 is 10.7 Å². The van der Waals surface area contributed by atoms with Crippen LogP contribution in [-0.2, 0) is 9.59 Å². The van der Waals surface area contributed by atoms with Crippen LogP contribution in [0.5, 0.6) is 0 Å². The molecule has 0 bridgehead atoms. The Hall–Kier alpha value is -2.89. The molecule has 0 saturated carbocycles. The van der Waals surface area contributed by atoms with Crippen molar-refractivity contribution in [3.8, 4) is 5.69 Å². The molecule has 0 atom stereocenters. The highest BCUT2D eigenvalue weighted by molar-refractivity contribution is 6.35. The molecule has 0 unspecified atom stereocenters. The van der Waals surface area contributed by atoms with Crippen LogP contribution in [0.3, 0.4) is 0 Å². The highest BCUT2D eigenvalue weighted by atomic mass is 16.2. The highest BCUT2D eigenvalue weighted by Gasteiger charge is 2.13. The van der Waals surface area contributed by atoms with Gasteiger partial charge in [-0.15, -0.1) is 0 Å². The van der Waals surface area contributed by atoms with Gasteiger partial charge in [0.25, 0.3) is 0 Å². The highest BCUT2D eigenvalue weighted by Crippen LogP contribution is 2.20. The predicted molar refractivity (Wildman–Crippen MR) is 99.0 cm³/mol. The van der Waals surface area contributed by atoms with Crippen molar-refractivity contribution < 1.29 is 9.59 Å². The maximum atomic E-state index is 11.6. The van der Waals surface area contributed by atoms with Crippen molar-refractivity contribution in [3.63, 3.8) is 0 Å². The molecule has 1 aromatic heterocycles. The number of carbonyl (C=O) groups is 2. The lowest BCUT2D eigenvalue weighted by Gasteiger charge is -2.09. The number of aryl methyl sites for hydroxylation is 2. The Kier molecular flexibility index (Phi) is 5.75. The van der Waals surface area contributed by atoms with E-state index in [-0.39, 0.29) is 6.04 Å². The largest absolute Gasteiger partial charge is 0.346 e. The number of hydrogen-bond acceptors (Lipinski definition) is 3. The van der Waals surface area contributed by atoms with Gasteiger partial charge in [-0.05, 0) is 52.8 Å². The SMILES string of the molecule is Cc1ccc(-n2c(C)cc(/C=N\NC(=O)C(=O)NC(C)C)c2C)cc1. The first-order valence-electron chi connectivity index (χ1n) is 8.19. The molecule has 2 amide bonds. The number of nitrogens with zero attached hydrogens (tertiary/aromatic N) is 2. The predicted octanol–water partition coefficient (Wildman–Crippen LogP) is 2.38. The molecule has 2 aromatic rings. The van der Waals surface area contributed by atoms with Crippen LogP contribution in [0.4, 0.5) is 0 Å². The van der Waals surface area contributed by atoms with Gasteiger partial charge in [-0.2, -0.15) is 5.10 Å². The van der Waals surface area contributed by atoms with Crippen molar-refractivity contribution in [3.05, 3.63) is 52.8 Å². The Labute approximate surface area is 147 Å². The summed E-state index contributed by atoms with van der Waals surface area (Å²) in [4.78, 5) is 23.2. The Morgan fingerprint density at radius 3 is 2.32 bits per heavy atom. The van der Waals surface area contributed by atoms with Gasteiger partial charge in [-0.25, -0.2) is 5.43 Å². The first-order valence-corrected chi connectivity index (χ1v) is 8.19. The summed E-state index contributed by atoms with van der Waals surface area (Å²) in [5, 5.41) is 6.41. The van der Waals surface area contributed by atoms with Crippen LogP contribution in [0.1, 0.15) is 36.4 Å². The molecular weight excluding hydrogens is 316 g/mol. The lowest BCUT2D eigenvalue weighted by Crippen LogP contribution is -2.41. The van der Waals surface area contributed by atoms with E-state index in [1.54, 1.807) is 20.1 Å². The molecule has 6 nitrogen and oxygen atoms in total. The third-order valence-electron chi connectivity index (χ3n) is 3.76. The first kappa shape index (κ1) is 18.4. The lowest BCUT2D eigenvalue weighted by atomic mass is 10.2. The fourth-order valence-corrected chi connectivity index (χ4v) is 2.55. The van der Waals surface area contributed by atoms with E-state index < -0.39 is 11.8 Å². The maximum Gasteiger partial charge on any atom is 0.329 e. The quantitative estimate of drug-likeness (QED) is 0.509. The van der Waals surface area contributed by atoms with Crippen molar-refractivity contribution in [2.75, 3.05) is 0 Å². The molecule has 1 aromatic carbocycles. The second-order valence-electron chi connectivity index (χ2n) is 6.32. The third-order valence-corrected chi connectivity index (χ3v) is 3.76. The first-order chi connectivity index (χ1) is 11.8. The summed E-state index contributed by atoms with van der Waals surface area (Å²) < 4.78 is 2.12. The van der Waals surface area contributed by atoms with Crippen molar-refractivity contribution in [1.29, 1.82) is 0 Å². The van der Waals surface area contributed by atoms with E-state index in [4.69, 9.17) is 0 Å². The number of benzene rings is 1. The normalized spacial score (nSPS) is 11.1. The number of hydrazone groups is 1. The van der Waals surface area contributed by atoms with Gasteiger partial charge in [0.1, 0.15) is 0 Å². The van der Waals surface area contributed by atoms with E-state index >= 15 is 0 Å². The lowest BCUT2D eigenvalue weighted by molar-refractivity contribution is -0.139. The van der Waals surface area contributed by atoms with Crippen molar-refractivity contribution in [2.24, 2.45) is 5.10 Å². The number of carbonyl (C=O) groups excluding carboxylic acids is 2. The standard InChI is InChI=1S/C19H24N4O2/c1-12(2)21-18(24)19(25)22-20-11-16-10-14(4)23(15(16)5)17-8-6-13(3)7-9-17/h6-12H,1-5H3,(H,21,24)(H,22,25)/b20-11-. The summed E-state index contributed by atoms with van der Waals surface area (Å²) in [7, 11) is 0. The van der Waals surface area contributed by atoms with Crippen molar-refractivity contribution in [1.82, 2.24) is 15.3 Å². The van der Waals surface area contributed by atoms with Crippen LogP contribution >= 0.6 is 0 Å². The van der Waals surface area contributed by atoms with Crippen LogP contribution in [0.2, 0.25) is 0 Å². The topological polar surface area (TPSA) is 75.5 Å². The minimum absolute atomic E-state index is 0.101. The number of rotatable bonds is 4. The average Bonchev–Trinajstić information content (AvgIpc) is 2.82. The number of nitrogens with one attached hydrogen (secondary N) is 2. The Balaban J connectivity index is 2.13. The minimum atomic E-state index is -0.780. The second-order valence-corrected chi connectivity index (χ2v) is 6.32. The van der Waals surface area contributed by atoms with E-state index in [9.17, 15) is 9.59 Å². The van der Waals surface area contributed by atoms with Gasteiger partial charge in [0.15, 0.2) is 0 Å². The van der Waals surface area contributed by atoms with Crippen LogP contribution in [0.25, 0.3) is 5.69 Å². The van der Waals surface area contributed by atoms with E-state index in [2.05, 4.69) is 51.6 Å². The van der Waals surface area contributed by atoms with E-state index in [1.807, 2.05) is 19.9 Å². The van der Waals surface area contributed by atoms with E-state index in [0.29, 0.717) is 0 Å². The van der Waals surface area contributed by atoms with Crippen LogP contribution in [0, 0.1) is 20.8 Å². The van der Waals surface area contributed by atoms with Crippen LogP contribution in [-0.4, -0.2) is 28.6 Å². The molecule has 0 saturated heterocycles. The summed E-state index contributed by atoms with van der Waals surface area (Å²) in [6, 6.07) is 10.1. The zero-order valence-electron chi connectivity index (χ0n) is 15.3. The smallest absolute Gasteiger partial charge is 0.329 e. The molecule has 0 aliphatic carbocycles. The molecule has 0 spiro atoms. The maximum absolute atomic E-state index is 11.6.